The van der Waals surface area contributed by atoms with Gasteiger partial charge in [0.05, 0.1) is 23.7 Å². The van der Waals surface area contributed by atoms with E-state index >= 15 is 0 Å². The normalized spacial score (nSPS) is 13.2. The van der Waals surface area contributed by atoms with E-state index < -0.39 is 0 Å². The molecule has 0 aliphatic heterocycles. The molecule has 1 unspecified atom stereocenters. The summed E-state index contributed by atoms with van der Waals surface area (Å²) in [4.78, 5) is 0. The van der Waals surface area contributed by atoms with Gasteiger partial charge in [0.15, 0.2) is 0 Å². The molecule has 4 nitrogen and oxygen atoms in total. The minimum atomic E-state index is 0.0162. The first-order valence-corrected chi connectivity index (χ1v) is 4.05. The van der Waals surface area contributed by atoms with Crippen LogP contribution in [0, 0.1) is 0 Å². The van der Waals surface area contributed by atoms with E-state index in [0.717, 1.165) is 5.69 Å². The number of anilines is 1. The fraction of sp³-hybridized carbons (Fsp3) is 0.625. The fourth-order valence-corrected chi connectivity index (χ4v) is 1.29. The number of hydrogen-bond donors (Lipinski definition) is 1. The summed E-state index contributed by atoms with van der Waals surface area (Å²) in [5.74, 6) is 0. The molecule has 1 heterocycles. The van der Waals surface area contributed by atoms with Gasteiger partial charge in [0.2, 0.25) is 0 Å². The van der Waals surface area contributed by atoms with E-state index in [-0.39, 0.29) is 6.10 Å². The van der Waals surface area contributed by atoms with Crippen molar-refractivity contribution in [2.24, 2.45) is 7.05 Å². The van der Waals surface area contributed by atoms with Crippen LogP contribution in [-0.4, -0.2) is 16.4 Å². The highest BCUT2D eigenvalue weighted by Crippen LogP contribution is 2.21. The van der Waals surface area contributed by atoms with Crippen molar-refractivity contribution in [3.8, 4) is 0 Å². The molecule has 0 saturated carbocycles. The summed E-state index contributed by atoms with van der Waals surface area (Å²) in [6, 6.07) is 0. The summed E-state index contributed by atoms with van der Waals surface area (Å²) in [5.41, 5.74) is 7.34. The molecule has 0 bridgehead atoms. The maximum Gasteiger partial charge on any atom is 0.0984 e. The van der Waals surface area contributed by atoms with Crippen molar-refractivity contribution in [3.05, 3.63) is 11.9 Å². The lowest BCUT2D eigenvalue weighted by molar-refractivity contribution is 0.0711. The van der Waals surface area contributed by atoms with E-state index in [1.54, 1.807) is 10.9 Å². The van der Waals surface area contributed by atoms with Crippen molar-refractivity contribution in [3.63, 3.8) is 0 Å². The average Bonchev–Trinajstić information content (AvgIpc) is 2.32. The number of nitrogens with two attached hydrogens (primary N) is 1. The molecular formula is C8H15N3O. The van der Waals surface area contributed by atoms with Gasteiger partial charge in [-0.25, -0.2) is 0 Å². The molecule has 1 aromatic rings. The first-order valence-electron chi connectivity index (χ1n) is 4.05. The van der Waals surface area contributed by atoms with Crippen LogP contribution in [0.4, 0.5) is 5.69 Å². The number of rotatable bonds is 3. The van der Waals surface area contributed by atoms with Crippen LogP contribution < -0.4 is 5.73 Å². The zero-order valence-corrected chi connectivity index (χ0v) is 7.74. The molecule has 12 heavy (non-hydrogen) atoms. The van der Waals surface area contributed by atoms with Gasteiger partial charge in [0.25, 0.3) is 0 Å². The Morgan fingerprint density at radius 1 is 1.75 bits per heavy atom. The third-order valence-electron chi connectivity index (χ3n) is 1.82. The van der Waals surface area contributed by atoms with E-state index in [4.69, 9.17) is 10.5 Å². The van der Waals surface area contributed by atoms with Gasteiger partial charge in [-0.2, -0.15) is 5.10 Å². The van der Waals surface area contributed by atoms with E-state index in [9.17, 15) is 0 Å². The zero-order valence-electron chi connectivity index (χ0n) is 7.74. The van der Waals surface area contributed by atoms with Gasteiger partial charge < -0.3 is 10.5 Å². The maximum absolute atomic E-state index is 5.71. The van der Waals surface area contributed by atoms with Gasteiger partial charge in [-0.1, -0.05) is 0 Å². The quantitative estimate of drug-likeness (QED) is 0.737. The molecule has 1 rings (SSSR count). The minimum absolute atomic E-state index is 0.0162. The molecular weight excluding hydrogens is 154 g/mol. The van der Waals surface area contributed by atoms with E-state index in [2.05, 4.69) is 5.10 Å². The Kier molecular flexibility index (Phi) is 2.70. The van der Waals surface area contributed by atoms with Crippen LogP contribution in [0.25, 0.3) is 0 Å². The number of nitrogens with zero attached hydrogens (tertiary/aromatic N) is 2. The number of nitrogen functional groups attached to an aromatic ring is 1. The fourth-order valence-electron chi connectivity index (χ4n) is 1.29. The molecule has 0 spiro atoms. The second-order valence-electron chi connectivity index (χ2n) is 2.71. The number of aryl methyl sites for hydroxylation is 1. The van der Waals surface area contributed by atoms with Crippen LogP contribution in [0.3, 0.4) is 0 Å². The predicted octanol–water partition coefficient (Wildman–Crippen LogP) is 1.10. The molecule has 2 N–H and O–H groups in total. The van der Waals surface area contributed by atoms with Crippen molar-refractivity contribution in [2.75, 3.05) is 12.3 Å². The SMILES string of the molecule is CCOC(C)c1c(N)cnn1C. The predicted molar refractivity (Wildman–Crippen MR) is 47.7 cm³/mol. The molecule has 1 aromatic heterocycles. The number of ether oxygens (including phenoxy) is 1. The maximum atomic E-state index is 5.71. The van der Waals surface area contributed by atoms with Crippen LogP contribution in [0.5, 0.6) is 0 Å². The Balaban J connectivity index is 2.85. The smallest absolute Gasteiger partial charge is 0.0984 e. The Hall–Kier alpha value is -1.03. The Bertz CT molecular complexity index is 237. The van der Waals surface area contributed by atoms with Gasteiger partial charge in [-0.3, -0.25) is 4.68 Å². The van der Waals surface area contributed by atoms with Crippen molar-refractivity contribution >= 4 is 5.69 Å². The first kappa shape index (κ1) is 9.06. The molecule has 4 heteroatoms. The molecule has 68 valence electrons. The molecule has 0 radical (unpaired) electrons. The van der Waals surface area contributed by atoms with Crippen LogP contribution in [0.1, 0.15) is 25.6 Å². The molecule has 0 aliphatic carbocycles. The van der Waals surface area contributed by atoms with Gasteiger partial charge in [0.1, 0.15) is 0 Å². The van der Waals surface area contributed by atoms with E-state index in [1.807, 2.05) is 20.9 Å². The minimum Gasteiger partial charge on any atom is -0.396 e. The van der Waals surface area contributed by atoms with Gasteiger partial charge in [-0.05, 0) is 13.8 Å². The van der Waals surface area contributed by atoms with Crippen molar-refractivity contribution in [1.29, 1.82) is 0 Å². The third-order valence-corrected chi connectivity index (χ3v) is 1.82. The molecule has 0 aromatic carbocycles. The van der Waals surface area contributed by atoms with Crippen molar-refractivity contribution in [2.45, 2.75) is 20.0 Å². The number of aromatic nitrogens is 2. The molecule has 0 saturated heterocycles. The molecule has 0 amide bonds. The lowest BCUT2D eigenvalue weighted by Gasteiger charge is -2.12. The van der Waals surface area contributed by atoms with Gasteiger partial charge in [0, 0.05) is 13.7 Å². The first-order chi connectivity index (χ1) is 5.66. The second-order valence-corrected chi connectivity index (χ2v) is 2.71. The van der Waals surface area contributed by atoms with Crippen LogP contribution >= 0.6 is 0 Å². The van der Waals surface area contributed by atoms with Crippen molar-refractivity contribution < 1.29 is 4.74 Å². The summed E-state index contributed by atoms with van der Waals surface area (Å²) in [6.45, 7) is 4.62. The molecule has 0 fully saturated rings. The Labute approximate surface area is 72.3 Å². The Morgan fingerprint density at radius 2 is 2.42 bits per heavy atom. The summed E-state index contributed by atoms with van der Waals surface area (Å²) in [7, 11) is 1.86. The van der Waals surface area contributed by atoms with E-state index in [0.29, 0.717) is 12.3 Å². The molecule has 0 aliphatic rings. The highest BCUT2D eigenvalue weighted by molar-refractivity contribution is 5.41. The third kappa shape index (κ3) is 1.58. The van der Waals surface area contributed by atoms with Gasteiger partial charge >= 0.3 is 0 Å². The van der Waals surface area contributed by atoms with Crippen LogP contribution in [-0.2, 0) is 11.8 Å². The molecule has 1 atom stereocenters. The van der Waals surface area contributed by atoms with Gasteiger partial charge in [-0.15, -0.1) is 0 Å². The van der Waals surface area contributed by atoms with Crippen LogP contribution in [0.2, 0.25) is 0 Å². The average molecular weight is 169 g/mol. The topological polar surface area (TPSA) is 53.1 Å². The van der Waals surface area contributed by atoms with Crippen molar-refractivity contribution in [1.82, 2.24) is 9.78 Å². The summed E-state index contributed by atoms with van der Waals surface area (Å²) < 4.78 is 7.15. The number of hydrogen-bond acceptors (Lipinski definition) is 3. The standard InChI is InChI=1S/C8H15N3O/c1-4-12-6(2)8-7(9)5-10-11(8)3/h5-6H,4,9H2,1-3H3. The highest BCUT2D eigenvalue weighted by atomic mass is 16.5. The summed E-state index contributed by atoms with van der Waals surface area (Å²) >= 11 is 0. The van der Waals surface area contributed by atoms with E-state index in [1.165, 1.54) is 0 Å². The summed E-state index contributed by atoms with van der Waals surface area (Å²) in [6.07, 6.45) is 1.66. The second kappa shape index (κ2) is 3.58. The largest absolute Gasteiger partial charge is 0.396 e. The lowest BCUT2D eigenvalue weighted by Crippen LogP contribution is -2.08. The Morgan fingerprint density at radius 3 is 2.83 bits per heavy atom. The monoisotopic (exact) mass is 169 g/mol. The summed E-state index contributed by atoms with van der Waals surface area (Å²) in [5, 5.41) is 4.03. The highest BCUT2D eigenvalue weighted by Gasteiger charge is 2.13. The van der Waals surface area contributed by atoms with Crippen LogP contribution in [0.15, 0.2) is 6.20 Å². The lowest BCUT2D eigenvalue weighted by atomic mass is 10.2. The zero-order chi connectivity index (χ0) is 9.14.